The highest BCUT2D eigenvalue weighted by atomic mass is 32.2. The van der Waals surface area contributed by atoms with E-state index in [0.717, 1.165) is 11.3 Å². The fraction of sp³-hybridized carbons (Fsp3) is 0.364. The van der Waals surface area contributed by atoms with E-state index in [-0.39, 0.29) is 11.9 Å². The first kappa shape index (κ1) is 21.0. The van der Waals surface area contributed by atoms with Crippen LogP contribution in [0.3, 0.4) is 0 Å². The van der Waals surface area contributed by atoms with E-state index >= 15 is 0 Å². The Morgan fingerprint density at radius 2 is 1.55 bits per heavy atom. The molecule has 1 amide bonds. The van der Waals surface area contributed by atoms with Gasteiger partial charge < -0.3 is 19.1 Å². The van der Waals surface area contributed by atoms with Crippen LogP contribution in [0.5, 0.6) is 11.5 Å². The summed E-state index contributed by atoms with van der Waals surface area (Å²) in [6.45, 7) is 0.834. The van der Waals surface area contributed by atoms with Crippen molar-refractivity contribution in [2.75, 3.05) is 34.4 Å². The fourth-order valence-corrected chi connectivity index (χ4v) is 4.66. The average molecular weight is 416 g/mol. The zero-order chi connectivity index (χ0) is 20.9. The van der Waals surface area contributed by atoms with Gasteiger partial charge in [0.25, 0.3) is 5.91 Å². The summed E-state index contributed by atoms with van der Waals surface area (Å²) in [6, 6.07) is 14.8. The molecule has 0 radical (unpaired) electrons. The Balaban J connectivity index is 1.71. The van der Waals surface area contributed by atoms with Crippen molar-refractivity contribution in [3.05, 3.63) is 59.7 Å². The smallest absolute Gasteiger partial charge is 0.323 e. The van der Waals surface area contributed by atoms with Gasteiger partial charge in [-0.05, 0) is 48.4 Å². The molecule has 7 heteroatoms. The first-order chi connectivity index (χ1) is 14.0. The maximum absolute atomic E-state index is 12.9. The third-order valence-electron chi connectivity index (χ3n) is 5.09. The molecular weight excluding hydrogens is 390 g/mol. The van der Waals surface area contributed by atoms with Crippen LogP contribution in [-0.2, 0) is 15.3 Å². The molecule has 154 valence electrons. The van der Waals surface area contributed by atoms with Crippen molar-refractivity contribution >= 4 is 23.6 Å². The van der Waals surface area contributed by atoms with Gasteiger partial charge in [0, 0.05) is 24.4 Å². The van der Waals surface area contributed by atoms with E-state index in [0.29, 0.717) is 36.6 Å². The molecule has 0 N–H and O–H groups in total. The molecule has 1 aliphatic rings. The summed E-state index contributed by atoms with van der Waals surface area (Å²) in [5.41, 5.74) is 1.66. The van der Waals surface area contributed by atoms with Gasteiger partial charge in [0.2, 0.25) is 0 Å². The molecule has 6 nitrogen and oxygen atoms in total. The molecule has 3 rings (SSSR count). The van der Waals surface area contributed by atoms with Gasteiger partial charge in [-0.1, -0.05) is 12.1 Å². The molecule has 1 atom stereocenters. The van der Waals surface area contributed by atoms with Crippen LogP contribution < -0.4 is 9.47 Å². The molecule has 0 spiro atoms. The maximum Gasteiger partial charge on any atom is 0.323 e. The van der Waals surface area contributed by atoms with E-state index in [2.05, 4.69) is 0 Å². The molecule has 0 aliphatic carbocycles. The molecule has 0 aromatic heterocycles. The molecule has 2 aromatic rings. The quantitative estimate of drug-likeness (QED) is 0.646. The number of benzene rings is 2. The third-order valence-corrected chi connectivity index (χ3v) is 6.62. The average Bonchev–Trinajstić information content (AvgIpc) is 3.22. The van der Waals surface area contributed by atoms with Crippen LogP contribution in [-0.4, -0.2) is 55.9 Å². The summed E-state index contributed by atoms with van der Waals surface area (Å²) in [4.78, 5) is 27.3. The van der Waals surface area contributed by atoms with Gasteiger partial charge in [0.15, 0.2) is 0 Å². The predicted molar refractivity (Wildman–Crippen MR) is 113 cm³/mol. The van der Waals surface area contributed by atoms with Crippen LogP contribution in [0.1, 0.15) is 22.3 Å². The summed E-state index contributed by atoms with van der Waals surface area (Å²) < 4.78 is 14.7. The van der Waals surface area contributed by atoms with Crippen molar-refractivity contribution in [2.45, 2.75) is 16.9 Å². The maximum atomic E-state index is 12.9. The van der Waals surface area contributed by atoms with Gasteiger partial charge in [-0.15, -0.1) is 11.8 Å². The van der Waals surface area contributed by atoms with Crippen molar-refractivity contribution in [2.24, 2.45) is 0 Å². The second kappa shape index (κ2) is 9.22. The highest BCUT2D eigenvalue weighted by Gasteiger charge is 2.47. The molecule has 29 heavy (non-hydrogen) atoms. The molecule has 0 saturated carbocycles. The van der Waals surface area contributed by atoms with E-state index in [1.54, 1.807) is 43.4 Å². The molecule has 0 bridgehead atoms. The van der Waals surface area contributed by atoms with E-state index in [4.69, 9.17) is 14.2 Å². The van der Waals surface area contributed by atoms with E-state index in [1.165, 1.54) is 18.9 Å². The number of amides is 1. The van der Waals surface area contributed by atoms with Crippen LogP contribution in [0.4, 0.5) is 0 Å². The Morgan fingerprint density at radius 1 is 0.966 bits per heavy atom. The number of ether oxygens (including phenoxy) is 3. The van der Waals surface area contributed by atoms with Crippen LogP contribution in [0.2, 0.25) is 0 Å². The molecular formula is C22H25NO5S. The number of carbonyl (C=O) groups is 2. The van der Waals surface area contributed by atoms with Crippen molar-refractivity contribution in [3.63, 3.8) is 0 Å². The first-order valence-corrected chi connectivity index (χ1v) is 10.3. The monoisotopic (exact) mass is 415 g/mol. The summed E-state index contributed by atoms with van der Waals surface area (Å²) in [5.74, 6) is 1.74. The minimum Gasteiger partial charge on any atom is -0.497 e. The predicted octanol–water partition coefficient (Wildman–Crippen LogP) is 3.39. The number of thioether (sulfide) groups is 1. The molecule has 1 heterocycles. The van der Waals surface area contributed by atoms with E-state index < -0.39 is 4.75 Å². The van der Waals surface area contributed by atoms with E-state index in [9.17, 15) is 9.59 Å². The molecule has 2 aromatic carbocycles. The van der Waals surface area contributed by atoms with Gasteiger partial charge in [0.1, 0.15) is 16.2 Å². The molecule has 1 aliphatic heterocycles. The summed E-state index contributed by atoms with van der Waals surface area (Å²) in [5, 5.41) is 0. The van der Waals surface area contributed by atoms with Gasteiger partial charge in [-0.25, -0.2) is 0 Å². The van der Waals surface area contributed by atoms with Gasteiger partial charge >= 0.3 is 5.97 Å². The largest absolute Gasteiger partial charge is 0.497 e. The summed E-state index contributed by atoms with van der Waals surface area (Å²) in [7, 11) is 4.61. The van der Waals surface area contributed by atoms with Crippen molar-refractivity contribution < 1.29 is 23.8 Å². The van der Waals surface area contributed by atoms with Crippen LogP contribution >= 0.6 is 11.8 Å². The lowest BCUT2D eigenvalue weighted by atomic mass is 10.1. The lowest BCUT2D eigenvalue weighted by Crippen LogP contribution is -2.41. The van der Waals surface area contributed by atoms with Gasteiger partial charge in [0.05, 0.1) is 21.3 Å². The van der Waals surface area contributed by atoms with Crippen molar-refractivity contribution in [1.29, 1.82) is 0 Å². The first-order valence-electron chi connectivity index (χ1n) is 9.30. The zero-order valence-corrected chi connectivity index (χ0v) is 17.7. The highest BCUT2D eigenvalue weighted by Crippen LogP contribution is 2.39. The minimum absolute atomic E-state index is 0.0940. The van der Waals surface area contributed by atoms with Crippen molar-refractivity contribution in [1.82, 2.24) is 4.90 Å². The SMILES string of the molecule is COC(=O)C1(SCc2ccc(OC)cc2)CCN(C(=O)c2ccc(OC)cc2)C1. The lowest BCUT2D eigenvalue weighted by molar-refractivity contribution is -0.143. The molecule has 1 unspecified atom stereocenters. The standard InChI is InChI=1S/C22H25NO5S/c1-26-18-8-4-16(5-9-18)14-29-22(21(25)28-3)12-13-23(15-22)20(24)17-6-10-19(27-2)11-7-17/h4-11H,12-15H2,1-3H3. The normalized spacial score (nSPS) is 18.4. The minimum atomic E-state index is -0.767. The van der Waals surface area contributed by atoms with Crippen LogP contribution in [0, 0.1) is 0 Å². The van der Waals surface area contributed by atoms with Gasteiger partial charge in [-0.3, -0.25) is 9.59 Å². The Bertz CT molecular complexity index is 853. The van der Waals surface area contributed by atoms with Crippen LogP contribution in [0.15, 0.2) is 48.5 Å². The van der Waals surface area contributed by atoms with E-state index in [1.807, 2.05) is 24.3 Å². The number of likely N-dealkylation sites (tertiary alicyclic amines) is 1. The number of methoxy groups -OCH3 is 3. The molecule has 1 fully saturated rings. The van der Waals surface area contributed by atoms with Crippen molar-refractivity contribution in [3.8, 4) is 11.5 Å². The number of carbonyl (C=O) groups excluding carboxylic acids is 2. The van der Waals surface area contributed by atoms with Gasteiger partial charge in [-0.2, -0.15) is 0 Å². The Kier molecular flexibility index (Phi) is 6.69. The molecule has 1 saturated heterocycles. The highest BCUT2D eigenvalue weighted by molar-refractivity contribution is 8.00. The summed E-state index contributed by atoms with van der Waals surface area (Å²) >= 11 is 1.52. The topological polar surface area (TPSA) is 65.1 Å². The number of rotatable bonds is 7. The third kappa shape index (κ3) is 4.67. The number of hydrogen-bond donors (Lipinski definition) is 0. The number of hydrogen-bond acceptors (Lipinski definition) is 6. The lowest BCUT2D eigenvalue weighted by Gasteiger charge is -2.26. The fourth-order valence-electron chi connectivity index (χ4n) is 3.34. The van der Waals surface area contributed by atoms with Crippen LogP contribution in [0.25, 0.3) is 0 Å². The number of nitrogens with zero attached hydrogens (tertiary/aromatic N) is 1. The Hall–Kier alpha value is -2.67. The zero-order valence-electron chi connectivity index (χ0n) is 16.8. The Labute approximate surface area is 175 Å². The second-order valence-corrected chi connectivity index (χ2v) is 8.19. The Morgan fingerprint density at radius 3 is 2.10 bits per heavy atom. The second-order valence-electron chi connectivity index (χ2n) is 6.83. The summed E-state index contributed by atoms with van der Waals surface area (Å²) in [6.07, 6.45) is 0.558. The number of esters is 1.